The number of imidazole rings is 1. The molecule has 0 bridgehead atoms. The molecule has 58 heavy (non-hydrogen) atoms. The highest BCUT2D eigenvalue weighted by atomic mass is 32.2. The molecule has 0 radical (unpaired) electrons. The summed E-state index contributed by atoms with van der Waals surface area (Å²) in [7, 11) is 0. The second-order valence-electron chi connectivity index (χ2n) is 13.9. The Bertz CT molecular complexity index is 2330. The van der Waals surface area contributed by atoms with Crippen molar-refractivity contribution in [2.24, 2.45) is 0 Å². The normalized spacial score (nSPS) is 17.6. The molecule has 0 aliphatic carbocycles. The topological polar surface area (TPSA) is 199 Å². The zero-order valence-electron chi connectivity index (χ0n) is 31.7. The minimum Gasteiger partial charge on any atom is -0.450 e. The maximum absolute atomic E-state index is 13.1. The largest absolute Gasteiger partial charge is 0.450 e. The molecule has 16 nitrogen and oxygen atoms in total. The monoisotopic (exact) mass is 828 g/mol. The van der Waals surface area contributed by atoms with E-state index in [9.17, 15) is 33.6 Å². The molecule has 2 aromatic heterocycles. The molecule has 0 saturated carbocycles. The van der Waals surface area contributed by atoms with Crippen LogP contribution >= 0.6 is 23.5 Å². The van der Waals surface area contributed by atoms with Gasteiger partial charge >= 0.3 is 0 Å². The van der Waals surface area contributed by atoms with Crippen LogP contribution in [0.2, 0.25) is 0 Å². The van der Waals surface area contributed by atoms with Crippen LogP contribution < -0.4 is 10.6 Å². The first-order valence-corrected chi connectivity index (χ1v) is 20.3. The average molecular weight is 829 g/mol. The summed E-state index contributed by atoms with van der Waals surface area (Å²) in [6.45, 7) is 4.39. The molecule has 18 heteroatoms. The number of ether oxygens (including phenoxy) is 2. The standard InChI is InChI=1S/C40H40N6O10S2/c1-23(2)46-38(52)32(57-40(46)53)19-26-10-13-35(56-26)58-39-42-29-8-3-4-9-30(29)45(39)21-34(49)41-14-15-54-16-17-55-22-25(47)18-24-6-5-7-27-28(24)20-44(37(27)51)31-11-12-33(48)43-36(31)50/h3-10,13,19,23,31H,11-12,14-18,20-22H2,1-2H3,(H,41,49)(H,43,48,50)/b32-19-. The Morgan fingerprint density at radius 1 is 1.02 bits per heavy atom. The number of thioether (sulfide) groups is 1. The number of benzene rings is 2. The van der Waals surface area contributed by atoms with Gasteiger partial charge < -0.3 is 28.7 Å². The van der Waals surface area contributed by atoms with Crippen molar-refractivity contribution in [3.8, 4) is 0 Å². The van der Waals surface area contributed by atoms with E-state index >= 15 is 0 Å². The number of furan rings is 1. The quantitative estimate of drug-likeness (QED) is 0.0882. The summed E-state index contributed by atoms with van der Waals surface area (Å²) in [6, 6.07) is 15.1. The fourth-order valence-electron chi connectivity index (χ4n) is 6.84. The maximum atomic E-state index is 13.1. The average Bonchev–Trinajstić information content (AvgIpc) is 3.94. The Morgan fingerprint density at radius 3 is 2.62 bits per heavy atom. The van der Waals surface area contributed by atoms with Crippen LogP contribution in [0.4, 0.5) is 4.79 Å². The molecule has 2 saturated heterocycles. The number of carbonyl (C=O) groups is 7. The van der Waals surface area contributed by atoms with Crippen LogP contribution in [0.1, 0.15) is 53.9 Å². The van der Waals surface area contributed by atoms with Gasteiger partial charge in [-0.3, -0.25) is 43.8 Å². The van der Waals surface area contributed by atoms with Crippen molar-refractivity contribution >= 4 is 81.2 Å². The molecule has 2 fully saturated rings. The van der Waals surface area contributed by atoms with Crippen molar-refractivity contribution in [1.29, 1.82) is 0 Å². The molecular formula is C40H40N6O10S2. The highest BCUT2D eigenvalue weighted by Crippen LogP contribution is 2.36. The number of para-hydroxylation sites is 2. The van der Waals surface area contributed by atoms with Gasteiger partial charge in [0.2, 0.25) is 17.7 Å². The number of fused-ring (bicyclic) bond motifs is 2. The number of nitrogens with zero attached hydrogens (tertiary/aromatic N) is 4. The van der Waals surface area contributed by atoms with E-state index in [0.29, 0.717) is 38.2 Å². The number of amides is 6. The molecule has 1 unspecified atom stereocenters. The lowest BCUT2D eigenvalue weighted by Gasteiger charge is -2.29. The van der Waals surface area contributed by atoms with Crippen molar-refractivity contribution in [3.63, 3.8) is 0 Å². The SMILES string of the molecule is CC(C)N1C(=O)S/C(=C\c2ccc(Sc3nc4ccccc4n3CC(=O)NCCOCCOCC(=O)Cc3cccc4c3CN(C3CCC(=O)NC3=O)C4=O)o2)C1=O. The number of ketones is 1. The fourth-order valence-corrected chi connectivity index (χ4v) is 8.65. The summed E-state index contributed by atoms with van der Waals surface area (Å²) in [5.74, 6) is -1.54. The van der Waals surface area contributed by atoms with Gasteiger partial charge in [0.1, 0.15) is 25.0 Å². The van der Waals surface area contributed by atoms with Crippen LogP contribution in [0.25, 0.3) is 17.1 Å². The van der Waals surface area contributed by atoms with Gasteiger partial charge in [0, 0.05) is 43.6 Å². The lowest BCUT2D eigenvalue weighted by atomic mass is 9.99. The molecule has 1 atom stereocenters. The van der Waals surface area contributed by atoms with Crippen LogP contribution in [0, 0.1) is 0 Å². The van der Waals surface area contributed by atoms with Crippen LogP contribution in [-0.2, 0) is 53.0 Å². The van der Waals surface area contributed by atoms with Crippen molar-refractivity contribution in [2.75, 3.05) is 33.0 Å². The molecule has 6 amide bonds. The van der Waals surface area contributed by atoms with E-state index in [1.54, 1.807) is 54.8 Å². The molecule has 302 valence electrons. The first kappa shape index (κ1) is 40.6. The van der Waals surface area contributed by atoms with E-state index in [4.69, 9.17) is 18.9 Å². The molecule has 2 aromatic carbocycles. The third-order valence-electron chi connectivity index (χ3n) is 9.60. The third kappa shape index (κ3) is 9.09. The number of hydrogen-bond donors (Lipinski definition) is 2. The number of carbonyl (C=O) groups excluding carboxylic acids is 7. The van der Waals surface area contributed by atoms with Gasteiger partial charge in [-0.05, 0) is 85.3 Å². The molecule has 0 spiro atoms. The second-order valence-corrected chi connectivity index (χ2v) is 15.9. The van der Waals surface area contributed by atoms with E-state index in [-0.39, 0.29) is 111 Å². The summed E-state index contributed by atoms with van der Waals surface area (Å²) in [5.41, 5.74) is 3.30. The van der Waals surface area contributed by atoms with Gasteiger partial charge in [0.25, 0.3) is 17.1 Å². The predicted octanol–water partition coefficient (Wildman–Crippen LogP) is 3.95. The van der Waals surface area contributed by atoms with Crippen molar-refractivity contribution in [2.45, 2.75) is 68.5 Å². The fraction of sp³-hybridized carbons (Fsp3) is 0.350. The Kier molecular flexibility index (Phi) is 12.6. The van der Waals surface area contributed by atoms with E-state index in [0.717, 1.165) is 17.3 Å². The van der Waals surface area contributed by atoms with Crippen molar-refractivity contribution < 1.29 is 47.5 Å². The van der Waals surface area contributed by atoms with Gasteiger partial charge in [-0.1, -0.05) is 24.3 Å². The summed E-state index contributed by atoms with van der Waals surface area (Å²) in [4.78, 5) is 95.5. The third-order valence-corrected chi connectivity index (χ3v) is 11.4. The van der Waals surface area contributed by atoms with Crippen molar-refractivity contribution in [1.82, 2.24) is 30.0 Å². The molecule has 4 aromatic rings. The van der Waals surface area contributed by atoms with Gasteiger partial charge in [0.05, 0.1) is 35.8 Å². The Morgan fingerprint density at radius 2 is 1.83 bits per heavy atom. The molecule has 3 aliphatic heterocycles. The Hall–Kier alpha value is -5.56. The summed E-state index contributed by atoms with van der Waals surface area (Å²) in [5, 5.41) is 5.84. The summed E-state index contributed by atoms with van der Waals surface area (Å²) in [6.07, 6.45) is 2.02. The van der Waals surface area contributed by atoms with Gasteiger partial charge in [-0.2, -0.15) is 0 Å². The number of aromatic nitrogens is 2. The number of Topliss-reactive ketones (excluding diaryl/α,β-unsaturated/α-hetero) is 1. The molecular weight excluding hydrogens is 789 g/mol. The predicted molar refractivity (Wildman–Crippen MR) is 211 cm³/mol. The first-order valence-electron chi connectivity index (χ1n) is 18.7. The number of rotatable bonds is 17. The van der Waals surface area contributed by atoms with Gasteiger partial charge in [0.15, 0.2) is 16.0 Å². The minimum atomic E-state index is -0.734. The summed E-state index contributed by atoms with van der Waals surface area (Å²) < 4.78 is 18.9. The summed E-state index contributed by atoms with van der Waals surface area (Å²) >= 11 is 2.10. The first-order chi connectivity index (χ1) is 28.0. The number of hydrogen-bond acceptors (Lipinski definition) is 13. The minimum absolute atomic E-state index is 0.0162. The molecule has 3 aliphatic rings. The van der Waals surface area contributed by atoms with Crippen LogP contribution in [0.15, 0.2) is 74.2 Å². The highest BCUT2D eigenvalue weighted by Gasteiger charge is 2.40. The molecule has 2 N–H and O–H groups in total. The molecule has 5 heterocycles. The van der Waals surface area contributed by atoms with Gasteiger partial charge in [-0.15, -0.1) is 0 Å². The van der Waals surface area contributed by atoms with E-state index in [1.807, 2.05) is 24.3 Å². The maximum Gasteiger partial charge on any atom is 0.293 e. The number of nitrogens with one attached hydrogen (secondary N) is 2. The highest BCUT2D eigenvalue weighted by molar-refractivity contribution is 8.18. The van der Waals surface area contributed by atoms with E-state index in [2.05, 4.69) is 10.6 Å². The van der Waals surface area contributed by atoms with E-state index < -0.39 is 11.9 Å². The lowest BCUT2D eigenvalue weighted by Crippen LogP contribution is -2.52. The van der Waals surface area contributed by atoms with Gasteiger partial charge in [-0.25, -0.2) is 4.98 Å². The Balaban J connectivity index is 0.834. The zero-order chi connectivity index (χ0) is 40.9. The lowest BCUT2D eigenvalue weighted by molar-refractivity contribution is -0.137. The smallest absolute Gasteiger partial charge is 0.293 e. The molecule has 7 rings (SSSR count). The van der Waals surface area contributed by atoms with Crippen molar-refractivity contribution in [3.05, 3.63) is 82.0 Å². The van der Waals surface area contributed by atoms with Crippen LogP contribution in [0.5, 0.6) is 0 Å². The number of piperidine rings is 1. The zero-order valence-corrected chi connectivity index (χ0v) is 33.3. The number of imide groups is 2. The van der Waals surface area contributed by atoms with Crippen LogP contribution in [0.3, 0.4) is 0 Å². The second kappa shape index (κ2) is 17.9. The van der Waals surface area contributed by atoms with E-state index in [1.165, 1.54) is 21.6 Å². The van der Waals surface area contributed by atoms with Crippen LogP contribution in [-0.4, -0.2) is 105 Å². The Labute approximate surface area is 341 Å².